The lowest BCUT2D eigenvalue weighted by molar-refractivity contribution is -0.153. The van der Waals surface area contributed by atoms with Crippen LogP contribution < -0.4 is 14.8 Å². The minimum absolute atomic E-state index is 0.368. The van der Waals surface area contributed by atoms with Crippen LogP contribution in [0.25, 0.3) is 0 Å². The molecule has 140 valence electrons. The predicted molar refractivity (Wildman–Crippen MR) is 98.8 cm³/mol. The molecule has 0 fully saturated rings. The number of ether oxygens (including phenoxy) is 3. The Kier molecular flexibility index (Phi) is 7.03. The third-order valence-electron chi connectivity index (χ3n) is 3.41. The summed E-state index contributed by atoms with van der Waals surface area (Å²) in [4.78, 5) is 24.0. The van der Waals surface area contributed by atoms with Gasteiger partial charge in [-0.25, -0.2) is 4.79 Å². The molecule has 0 aliphatic heterocycles. The molecular formula is C19H17ClN2O5. The largest absolute Gasteiger partial charge is 0.495 e. The Morgan fingerprint density at radius 2 is 1.93 bits per heavy atom. The lowest BCUT2D eigenvalue weighted by Crippen LogP contribution is -2.29. The Morgan fingerprint density at radius 1 is 1.22 bits per heavy atom. The van der Waals surface area contributed by atoms with E-state index in [9.17, 15) is 9.59 Å². The van der Waals surface area contributed by atoms with Gasteiger partial charge in [-0.2, -0.15) is 5.26 Å². The molecule has 1 N–H and O–H groups in total. The minimum atomic E-state index is -0.925. The first-order valence-electron chi connectivity index (χ1n) is 7.89. The molecule has 2 rings (SSSR count). The number of anilines is 1. The zero-order valence-corrected chi connectivity index (χ0v) is 15.4. The van der Waals surface area contributed by atoms with E-state index >= 15 is 0 Å². The molecule has 0 bridgehead atoms. The van der Waals surface area contributed by atoms with E-state index in [0.717, 1.165) is 0 Å². The standard InChI is InChI=1S/C19H17ClN2O5/c1-12(27-15-6-3-13(10-21)4-7-15)19(24)26-11-18(23)22-16-9-14(20)5-8-17(16)25-2/h3-9,12H,11H2,1-2H3,(H,22,23). The van der Waals surface area contributed by atoms with Crippen molar-refractivity contribution >= 4 is 29.2 Å². The smallest absolute Gasteiger partial charge is 0.347 e. The van der Waals surface area contributed by atoms with Gasteiger partial charge < -0.3 is 19.5 Å². The zero-order chi connectivity index (χ0) is 19.8. The van der Waals surface area contributed by atoms with Crippen molar-refractivity contribution in [2.75, 3.05) is 19.0 Å². The highest BCUT2D eigenvalue weighted by Crippen LogP contribution is 2.27. The van der Waals surface area contributed by atoms with Crippen LogP contribution in [0.1, 0.15) is 12.5 Å². The maximum atomic E-state index is 12.0. The quantitative estimate of drug-likeness (QED) is 0.731. The van der Waals surface area contributed by atoms with Gasteiger partial charge in [-0.3, -0.25) is 4.79 Å². The molecule has 0 aromatic heterocycles. The first kappa shape index (κ1) is 20.1. The first-order valence-corrected chi connectivity index (χ1v) is 8.27. The Labute approximate surface area is 161 Å². The van der Waals surface area contributed by atoms with Gasteiger partial charge in [0.2, 0.25) is 0 Å². The van der Waals surface area contributed by atoms with Gasteiger partial charge >= 0.3 is 5.97 Å². The summed E-state index contributed by atoms with van der Waals surface area (Å²) in [5, 5.41) is 11.7. The van der Waals surface area contributed by atoms with Gasteiger partial charge in [-0.1, -0.05) is 11.6 Å². The van der Waals surface area contributed by atoms with Crippen LogP contribution in [0.4, 0.5) is 5.69 Å². The van der Waals surface area contributed by atoms with Crippen LogP contribution in [0.2, 0.25) is 5.02 Å². The van der Waals surface area contributed by atoms with E-state index < -0.39 is 24.6 Å². The molecule has 0 saturated carbocycles. The highest BCUT2D eigenvalue weighted by Gasteiger charge is 2.18. The van der Waals surface area contributed by atoms with Crippen LogP contribution in [0.15, 0.2) is 42.5 Å². The number of amides is 1. The molecule has 0 spiro atoms. The Morgan fingerprint density at radius 3 is 2.56 bits per heavy atom. The van der Waals surface area contributed by atoms with E-state index in [1.807, 2.05) is 6.07 Å². The molecule has 7 nitrogen and oxygen atoms in total. The Hall–Kier alpha value is -3.24. The fourth-order valence-electron chi connectivity index (χ4n) is 2.08. The number of halogens is 1. The minimum Gasteiger partial charge on any atom is -0.495 e. The van der Waals surface area contributed by atoms with Crippen LogP contribution in [-0.2, 0) is 14.3 Å². The summed E-state index contributed by atoms with van der Waals surface area (Å²) >= 11 is 5.90. The zero-order valence-electron chi connectivity index (χ0n) is 14.7. The molecule has 1 unspecified atom stereocenters. The summed E-state index contributed by atoms with van der Waals surface area (Å²) in [7, 11) is 1.46. The average molecular weight is 389 g/mol. The predicted octanol–water partition coefficient (Wildman–Crippen LogP) is 3.17. The normalized spacial score (nSPS) is 11.0. The van der Waals surface area contributed by atoms with Gasteiger partial charge in [0.05, 0.1) is 24.4 Å². The van der Waals surface area contributed by atoms with E-state index in [4.69, 9.17) is 31.1 Å². The van der Waals surface area contributed by atoms with Crippen molar-refractivity contribution < 1.29 is 23.8 Å². The third-order valence-corrected chi connectivity index (χ3v) is 3.64. The molecule has 2 aromatic rings. The lowest BCUT2D eigenvalue weighted by atomic mass is 10.2. The second-order valence-electron chi connectivity index (χ2n) is 5.40. The summed E-state index contributed by atoms with van der Waals surface area (Å²) in [6.07, 6.45) is -0.925. The molecule has 0 aliphatic carbocycles. The van der Waals surface area contributed by atoms with Crippen molar-refractivity contribution in [2.45, 2.75) is 13.0 Å². The molecule has 0 saturated heterocycles. The molecule has 1 amide bonds. The third kappa shape index (κ3) is 5.90. The molecule has 27 heavy (non-hydrogen) atoms. The highest BCUT2D eigenvalue weighted by molar-refractivity contribution is 6.31. The number of rotatable bonds is 7. The van der Waals surface area contributed by atoms with Gasteiger partial charge in [-0.05, 0) is 49.4 Å². The Bertz CT molecular complexity index is 861. The fraction of sp³-hybridized carbons (Fsp3) is 0.211. The molecular weight excluding hydrogens is 372 g/mol. The fourth-order valence-corrected chi connectivity index (χ4v) is 2.25. The van der Waals surface area contributed by atoms with Gasteiger partial charge in [0.15, 0.2) is 12.7 Å². The maximum absolute atomic E-state index is 12.0. The number of methoxy groups -OCH3 is 1. The molecule has 2 aromatic carbocycles. The number of nitriles is 1. The lowest BCUT2D eigenvalue weighted by Gasteiger charge is -2.14. The summed E-state index contributed by atoms with van der Waals surface area (Å²) in [5.41, 5.74) is 0.846. The van der Waals surface area contributed by atoms with Crippen LogP contribution in [0.5, 0.6) is 11.5 Å². The highest BCUT2D eigenvalue weighted by atomic mass is 35.5. The van der Waals surface area contributed by atoms with Crippen LogP contribution in [0.3, 0.4) is 0 Å². The van der Waals surface area contributed by atoms with Crippen molar-refractivity contribution in [3.63, 3.8) is 0 Å². The number of carbonyl (C=O) groups is 2. The summed E-state index contributed by atoms with van der Waals surface area (Å²) in [6, 6.07) is 13.0. The first-order chi connectivity index (χ1) is 12.9. The van der Waals surface area contributed by atoms with Gasteiger partial charge in [0, 0.05) is 5.02 Å². The SMILES string of the molecule is COc1ccc(Cl)cc1NC(=O)COC(=O)C(C)Oc1ccc(C#N)cc1. The van der Waals surface area contributed by atoms with E-state index in [-0.39, 0.29) is 0 Å². The van der Waals surface area contributed by atoms with E-state index in [1.165, 1.54) is 20.1 Å². The second kappa shape index (κ2) is 9.46. The van der Waals surface area contributed by atoms with Crippen LogP contribution in [-0.4, -0.2) is 31.7 Å². The number of benzene rings is 2. The molecule has 0 radical (unpaired) electrons. The number of esters is 1. The van der Waals surface area contributed by atoms with E-state index in [2.05, 4.69) is 5.32 Å². The molecule has 1 atom stereocenters. The number of carbonyl (C=O) groups excluding carboxylic acids is 2. The molecule has 8 heteroatoms. The van der Waals surface area contributed by atoms with E-state index in [0.29, 0.717) is 27.8 Å². The molecule has 0 aliphatic rings. The van der Waals surface area contributed by atoms with Gasteiger partial charge in [-0.15, -0.1) is 0 Å². The van der Waals surface area contributed by atoms with Crippen LogP contribution >= 0.6 is 11.6 Å². The topological polar surface area (TPSA) is 97.7 Å². The maximum Gasteiger partial charge on any atom is 0.347 e. The van der Waals surface area contributed by atoms with Crippen molar-refractivity contribution in [3.8, 4) is 17.6 Å². The summed E-state index contributed by atoms with van der Waals surface area (Å²) < 4.78 is 15.5. The molecule has 0 heterocycles. The number of nitrogens with zero attached hydrogens (tertiary/aromatic N) is 1. The summed E-state index contributed by atoms with van der Waals surface area (Å²) in [5.74, 6) is -0.412. The van der Waals surface area contributed by atoms with Crippen molar-refractivity contribution in [1.29, 1.82) is 5.26 Å². The summed E-state index contributed by atoms with van der Waals surface area (Å²) in [6.45, 7) is 1.01. The average Bonchev–Trinajstić information content (AvgIpc) is 2.66. The van der Waals surface area contributed by atoms with Crippen molar-refractivity contribution in [3.05, 3.63) is 53.1 Å². The van der Waals surface area contributed by atoms with Crippen LogP contribution in [0, 0.1) is 11.3 Å². The number of hydrogen-bond donors (Lipinski definition) is 1. The number of hydrogen-bond acceptors (Lipinski definition) is 6. The van der Waals surface area contributed by atoms with Crippen molar-refractivity contribution in [2.24, 2.45) is 0 Å². The van der Waals surface area contributed by atoms with Gasteiger partial charge in [0.25, 0.3) is 5.91 Å². The number of nitrogens with one attached hydrogen (secondary N) is 1. The van der Waals surface area contributed by atoms with Crippen molar-refractivity contribution in [1.82, 2.24) is 0 Å². The Balaban J connectivity index is 1.86. The second-order valence-corrected chi connectivity index (χ2v) is 5.83. The van der Waals surface area contributed by atoms with Gasteiger partial charge in [0.1, 0.15) is 11.5 Å². The van der Waals surface area contributed by atoms with E-state index in [1.54, 1.807) is 36.4 Å². The monoisotopic (exact) mass is 388 g/mol.